The third-order valence-electron chi connectivity index (χ3n) is 4.02. The van der Waals surface area contributed by atoms with Crippen molar-refractivity contribution in [3.05, 3.63) is 46.2 Å². The summed E-state index contributed by atoms with van der Waals surface area (Å²) in [5, 5.41) is 3.22. The SMILES string of the molecule is COCc1nc(CN2CCC(c3ccncc3)CC2)cs1. The third-order valence-corrected chi connectivity index (χ3v) is 4.89. The summed E-state index contributed by atoms with van der Waals surface area (Å²) in [6.45, 7) is 3.87. The van der Waals surface area contributed by atoms with Crippen LogP contribution in [-0.2, 0) is 17.9 Å². The standard InChI is InChI=1S/C16H21N3OS/c1-20-11-16-18-15(12-21-16)10-19-8-4-14(5-9-19)13-2-6-17-7-3-13/h2-3,6-7,12,14H,4-5,8-11H2,1H3. The van der Waals surface area contributed by atoms with Crippen LogP contribution in [0.2, 0.25) is 0 Å². The van der Waals surface area contributed by atoms with Crippen LogP contribution in [0.1, 0.15) is 35.0 Å². The van der Waals surface area contributed by atoms with Gasteiger partial charge in [0.15, 0.2) is 0 Å². The van der Waals surface area contributed by atoms with Gasteiger partial charge in [-0.15, -0.1) is 11.3 Å². The number of aromatic nitrogens is 2. The summed E-state index contributed by atoms with van der Waals surface area (Å²) in [6.07, 6.45) is 6.24. The van der Waals surface area contributed by atoms with E-state index < -0.39 is 0 Å². The molecular formula is C16H21N3OS. The first kappa shape index (κ1) is 14.6. The Morgan fingerprint density at radius 1 is 1.29 bits per heavy atom. The van der Waals surface area contributed by atoms with Gasteiger partial charge in [-0.3, -0.25) is 9.88 Å². The average molecular weight is 303 g/mol. The molecule has 5 heteroatoms. The van der Waals surface area contributed by atoms with Crippen molar-refractivity contribution in [1.29, 1.82) is 0 Å². The summed E-state index contributed by atoms with van der Waals surface area (Å²) in [7, 11) is 1.71. The van der Waals surface area contributed by atoms with Crippen LogP contribution in [0.15, 0.2) is 29.9 Å². The Labute approximate surface area is 129 Å². The lowest BCUT2D eigenvalue weighted by molar-refractivity contribution is 0.183. The van der Waals surface area contributed by atoms with Crippen molar-refractivity contribution in [2.75, 3.05) is 20.2 Å². The molecule has 1 saturated heterocycles. The Kier molecular flexibility index (Phi) is 4.95. The lowest BCUT2D eigenvalue weighted by atomic mass is 9.90. The zero-order chi connectivity index (χ0) is 14.5. The van der Waals surface area contributed by atoms with E-state index in [9.17, 15) is 0 Å². The molecule has 112 valence electrons. The Morgan fingerprint density at radius 2 is 2.05 bits per heavy atom. The fraction of sp³-hybridized carbons (Fsp3) is 0.500. The maximum atomic E-state index is 5.12. The monoisotopic (exact) mass is 303 g/mol. The molecule has 3 heterocycles. The predicted molar refractivity (Wildman–Crippen MR) is 84.3 cm³/mol. The smallest absolute Gasteiger partial charge is 0.119 e. The highest BCUT2D eigenvalue weighted by Crippen LogP contribution is 2.28. The van der Waals surface area contributed by atoms with Gasteiger partial charge >= 0.3 is 0 Å². The van der Waals surface area contributed by atoms with Crippen molar-refractivity contribution in [1.82, 2.24) is 14.9 Å². The minimum Gasteiger partial charge on any atom is -0.378 e. The number of nitrogens with zero attached hydrogens (tertiary/aromatic N) is 3. The predicted octanol–water partition coefficient (Wildman–Crippen LogP) is 3.06. The number of methoxy groups -OCH3 is 1. The largest absolute Gasteiger partial charge is 0.378 e. The van der Waals surface area contributed by atoms with Gasteiger partial charge < -0.3 is 4.74 Å². The van der Waals surface area contributed by atoms with Crippen molar-refractivity contribution in [2.24, 2.45) is 0 Å². The molecule has 3 rings (SSSR count). The van der Waals surface area contributed by atoms with Crippen molar-refractivity contribution in [2.45, 2.75) is 31.9 Å². The van der Waals surface area contributed by atoms with Gasteiger partial charge in [0, 0.05) is 31.4 Å². The number of piperidine rings is 1. The summed E-state index contributed by atoms with van der Waals surface area (Å²) in [6, 6.07) is 4.30. The van der Waals surface area contributed by atoms with E-state index in [-0.39, 0.29) is 0 Å². The van der Waals surface area contributed by atoms with E-state index in [0.717, 1.165) is 24.6 Å². The van der Waals surface area contributed by atoms with Gasteiger partial charge in [0.05, 0.1) is 12.3 Å². The minimum absolute atomic E-state index is 0.620. The molecule has 1 aliphatic rings. The molecule has 1 aliphatic heterocycles. The number of hydrogen-bond donors (Lipinski definition) is 0. The van der Waals surface area contributed by atoms with Gasteiger partial charge in [-0.05, 0) is 49.5 Å². The molecule has 0 amide bonds. The van der Waals surface area contributed by atoms with Crippen molar-refractivity contribution < 1.29 is 4.74 Å². The minimum atomic E-state index is 0.620. The van der Waals surface area contributed by atoms with Crippen LogP contribution in [0.3, 0.4) is 0 Å². The maximum Gasteiger partial charge on any atom is 0.119 e. The molecule has 0 saturated carbocycles. The first-order chi connectivity index (χ1) is 10.3. The van der Waals surface area contributed by atoms with Crippen LogP contribution < -0.4 is 0 Å². The van der Waals surface area contributed by atoms with E-state index in [2.05, 4.69) is 32.4 Å². The molecule has 0 aliphatic carbocycles. The highest BCUT2D eigenvalue weighted by Gasteiger charge is 2.21. The van der Waals surface area contributed by atoms with E-state index in [4.69, 9.17) is 4.74 Å². The molecule has 4 nitrogen and oxygen atoms in total. The molecule has 2 aromatic heterocycles. The van der Waals surface area contributed by atoms with Gasteiger partial charge in [-0.25, -0.2) is 4.98 Å². The second-order valence-electron chi connectivity index (χ2n) is 5.50. The van der Waals surface area contributed by atoms with Crippen LogP contribution in [0, 0.1) is 0 Å². The highest BCUT2D eigenvalue weighted by atomic mass is 32.1. The maximum absolute atomic E-state index is 5.12. The van der Waals surface area contributed by atoms with E-state index in [0.29, 0.717) is 12.5 Å². The normalized spacial score (nSPS) is 17.2. The summed E-state index contributed by atoms with van der Waals surface area (Å²) in [5.74, 6) is 0.684. The van der Waals surface area contributed by atoms with Crippen molar-refractivity contribution >= 4 is 11.3 Å². The van der Waals surface area contributed by atoms with Crippen molar-refractivity contribution in [3.8, 4) is 0 Å². The summed E-state index contributed by atoms with van der Waals surface area (Å²) in [5.41, 5.74) is 2.61. The topological polar surface area (TPSA) is 38.2 Å². The summed E-state index contributed by atoms with van der Waals surface area (Å²) in [4.78, 5) is 11.2. The van der Waals surface area contributed by atoms with Crippen LogP contribution in [0.25, 0.3) is 0 Å². The first-order valence-electron chi connectivity index (χ1n) is 7.39. The van der Waals surface area contributed by atoms with Crippen LogP contribution in [0.4, 0.5) is 0 Å². The van der Waals surface area contributed by atoms with E-state index >= 15 is 0 Å². The van der Waals surface area contributed by atoms with Gasteiger partial charge in [0.2, 0.25) is 0 Å². The van der Waals surface area contributed by atoms with Crippen LogP contribution in [0.5, 0.6) is 0 Å². The molecule has 0 unspecified atom stereocenters. The molecule has 2 aromatic rings. The zero-order valence-electron chi connectivity index (χ0n) is 12.4. The number of rotatable bonds is 5. The van der Waals surface area contributed by atoms with Crippen LogP contribution in [-0.4, -0.2) is 35.1 Å². The molecule has 0 spiro atoms. The van der Waals surface area contributed by atoms with Gasteiger partial charge in [-0.2, -0.15) is 0 Å². The zero-order valence-corrected chi connectivity index (χ0v) is 13.2. The molecule has 0 radical (unpaired) electrons. The number of pyridine rings is 1. The fourth-order valence-electron chi connectivity index (χ4n) is 2.90. The quantitative estimate of drug-likeness (QED) is 0.851. The van der Waals surface area contributed by atoms with Gasteiger partial charge in [0.1, 0.15) is 5.01 Å². The van der Waals surface area contributed by atoms with E-state index in [1.165, 1.54) is 24.1 Å². The molecule has 0 atom stereocenters. The Hall–Kier alpha value is -1.30. The third kappa shape index (κ3) is 3.87. The highest BCUT2D eigenvalue weighted by molar-refractivity contribution is 7.09. The Bertz CT molecular complexity index is 550. The molecule has 21 heavy (non-hydrogen) atoms. The second-order valence-corrected chi connectivity index (χ2v) is 6.44. The van der Waals surface area contributed by atoms with Gasteiger partial charge in [0.25, 0.3) is 0 Å². The molecule has 0 bridgehead atoms. The Balaban J connectivity index is 1.51. The number of ether oxygens (including phenoxy) is 1. The van der Waals surface area contributed by atoms with E-state index in [1.807, 2.05) is 12.4 Å². The second kappa shape index (κ2) is 7.11. The first-order valence-corrected chi connectivity index (χ1v) is 8.27. The van der Waals surface area contributed by atoms with Gasteiger partial charge in [-0.1, -0.05) is 0 Å². The Morgan fingerprint density at radius 3 is 2.76 bits per heavy atom. The lowest BCUT2D eigenvalue weighted by Gasteiger charge is -2.31. The van der Waals surface area contributed by atoms with Crippen LogP contribution >= 0.6 is 11.3 Å². The number of thiazole rings is 1. The summed E-state index contributed by atoms with van der Waals surface area (Å²) < 4.78 is 5.12. The number of hydrogen-bond acceptors (Lipinski definition) is 5. The molecular weight excluding hydrogens is 282 g/mol. The molecule has 0 N–H and O–H groups in total. The van der Waals surface area contributed by atoms with Crippen molar-refractivity contribution in [3.63, 3.8) is 0 Å². The lowest BCUT2D eigenvalue weighted by Crippen LogP contribution is -2.32. The fourth-order valence-corrected chi connectivity index (χ4v) is 3.66. The van der Waals surface area contributed by atoms with E-state index in [1.54, 1.807) is 18.4 Å². The average Bonchev–Trinajstić information content (AvgIpc) is 2.97. The summed E-state index contributed by atoms with van der Waals surface area (Å²) >= 11 is 1.69. The number of likely N-dealkylation sites (tertiary alicyclic amines) is 1. The molecule has 0 aromatic carbocycles. The molecule has 1 fully saturated rings.